The second-order valence-corrected chi connectivity index (χ2v) is 4.88. The lowest BCUT2D eigenvalue weighted by atomic mass is 10.3. The molecule has 0 saturated heterocycles. The molecule has 6 heteroatoms. The maximum Gasteiger partial charge on any atom is 0.246 e. The molecule has 0 aromatic carbocycles. The van der Waals surface area contributed by atoms with Gasteiger partial charge in [-0.1, -0.05) is 0 Å². The fraction of sp³-hybridized carbons (Fsp3) is 0.286. The van der Waals surface area contributed by atoms with E-state index in [1.54, 1.807) is 12.3 Å². The van der Waals surface area contributed by atoms with Gasteiger partial charge in [-0.05, 0) is 18.6 Å². The molecule has 0 aliphatic rings. The van der Waals surface area contributed by atoms with Gasteiger partial charge in [-0.15, -0.1) is 11.6 Å². The van der Waals surface area contributed by atoms with Crippen LogP contribution in [0, 0.1) is 6.92 Å². The largest absolute Gasteiger partial charge is 0.281 e. The zero-order valence-electron chi connectivity index (χ0n) is 6.99. The molecule has 72 valence electrons. The first-order valence-electron chi connectivity index (χ1n) is 3.51. The van der Waals surface area contributed by atoms with Crippen molar-refractivity contribution >= 4 is 27.3 Å². The second-order valence-electron chi connectivity index (χ2n) is 2.58. The molecule has 0 aliphatic carbocycles. The Labute approximate surface area is 82.0 Å². The number of anilines is 1. The van der Waals surface area contributed by atoms with Crippen LogP contribution in [0.1, 0.15) is 5.56 Å². The minimum Gasteiger partial charge on any atom is -0.281 e. The molecule has 0 saturated carbocycles. The first-order chi connectivity index (χ1) is 6.03. The van der Waals surface area contributed by atoms with Crippen molar-refractivity contribution in [2.75, 3.05) is 9.93 Å². The third kappa shape index (κ3) is 3.20. The number of nitrogens with one attached hydrogen (secondary N) is 1. The Hall–Kier alpha value is -0.810. The lowest BCUT2D eigenvalue weighted by molar-refractivity contribution is 0.605. The smallest absolute Gasteiger partial charge is 0.246 e. The molecule has 0 bridgehead atoms. The molecular weight excluding hydrogens is 212 g/mol. The average Bonchev–Trinajstić information content (AvgIpc) is 2.03. The number of hydrogen-bond acceptors (Lipinski definition) is 3. The molecule has 1 rings (SSSR count). The van der Waals surface area contributed by atoms with Crippen molar-refractivity contribution in [1.29, 1.82) is 0 Å². The number of halogens is 1. The van der Waals surface area contributed by atoms with Crippen LogP contribution in [0.5, 0.6) is 0 Å². The SMILES string of the molecule is Cc1cncc(NS(=O)(=O)CCl)c1. The molecule has 1 heterocycles. The highest BCUT2D eigenvalue weighted by molar-refractivity contribution is 7.93. The predicted molar refractivity (Wildman–Crippen MR) is 52.2 cm³/mol. The maximum absolute atomic E-state index is 11.0. The van der Waals surface area contributed by atoms with Gasteiger partial charge in [0.1, 0.15) is 5.21 Å². The van der Waals surface area contributed by atoms with Gasteiger partial charge in [0.15, 0.2) is 0 Å². The van der Waals surface area contributed by atoms with E-state index < -0.39 is 15.2 Å². The van der Waals surface area contributed by atoms with Crippen LogP contribution in [-0.2, 0) is 10.0 Å². The van der Waals surface area contributed by atoms with Crippen LogP contribution in [0.2, 0.25) is 0 Å². The Bertz CT molecular complexity index is 391. The van der Waals surface area contributed by atoms with Crippen molar-refractivity contribution < 1.29 is 8.42 Å². The first-order valence-corrected chi connectivity index (χ1v) is 5.70. The molecule has 0 fully saturated rings. The molecule has 13 heavy (non-hydrogen) atoms. The van der Waals surface area contributed by atoms with Gasteiger partial charge < -0.3 is 0 Å². The lowest BCUT2D eigenvalue weighted by Crippen LogP contribution is -2.13. The number of nitrogens with zero attached hydrogens (tertiary/aromatic N) is 1. The molecule has 0 spiro atoms. The van der Waals surface area contributed by atoms with Crippen molar-refractivity contribution in [2.24, 2.45) is 0 Å². The van der Waals surface area contributed by atoms with E-state index in [4.69, 9.17) is 11.6 Å². The van der Waals surface area contributed by atoms with E-state index in [1.165, 1.54) is 6.20 Å². The van der Waals surface area contributed by atoms with Crippen LogP contribution in [0.3, 0.4) is 0 Å². The van der Waals surface area contributed by atoms with Gasteiger partial charge in [0.2, 0.25) is 10.0 Å². The zero-order chi connectivity index (χ0) is 9.90. The fourth-order valence-corrected chi connectivity index (χ4v) is 1.51. The van der Waals surface area contributed by atoms with Gasteiger partial charge in [-0.25, -0.2) is 8.42 Å². The van der Waals surface area contributed by atoms with Crippen molar-refractivity contribution in [3.05, 3.63) is 24.0 Å². The van der Waals surface area contributed by atoms with Crippen LogP contribution >= 0.6 is 11.6 Å². The number of rotatable bonds is 3. The van der Waals surface area contributed by atoms with E-state index in [-0.39, 0.29) is 0 Å². The average molecular weight is 221 g/mol. The summed E-state index contributed by atoms with van der Waals surface area (Å²) in [6, 6.07) is 1.68. The molecule has 4 nitrogen and oxygen atoms in total. The molecule has 0 amide bonds. The van der Waals surface area contributed by atoms with Crippen LogP contribution in [-0.4, -0.2) is 18.6 Å². The number of pyridine rings is 1. The van der Waals surface area contributed by atoms with Crippen LogP contribution in [0.25, 0.3) is 0 Å². The second kappa shape index (κ2) is 3.93. The highest BCUT2D eigenvalue weighted by atomic mass is 35.5. The van der Waals surface area contributed by atoms with Crippen LogP contribution in [0.4, 0.5) is 5.69 Å². The van der Waals surface area contributed by atoms with Crippen LogP contribution in [0.15, 0.2) is 18.5 Å². The van der Waals surface area contributed by atoms with Crippen LogP contribution < -0.4 is 4.72 Å². The molecule has 0 atom stereocenters. The summed E-state index contributed by atoms with van der Waals surface area (Å²) in [5, 5.41) is -0.457. The normalized spacial score (nSPS) is 11.2. The number of aromatic nitrogens is 1. The standard InChI is InChI=1S/C7H9ClN2O2S/c1-6-2-7(4-9-3-6)10-13(11,12)5-8/h2-4,10H,5H2,1H3. The van der Waals surface area contributed by atoms with Crippen molar-refractivity contribution in [1.82, 2.24) is 4.98 Å². The molecule has 1 N–H and O–H groups in total. The Balaban J connectivity index is 2.87. The topological polar surface area (TPSA) is 59.1 Å². The molecule has 0 aliphatic heterocycles. The van der Waals surface area contributed by atoms with E-state index in [1.807, 2.05) is 6.92 Å². The van der Waals surface area contributed by atoms with E-state index in [2.05, 4.69) is 9.71 Å². The van der Waals surface area contributed by atoms with Gasteiger partial charge in [-0.3, -0.25) is 9.71 Å². The summed E-state index contributed by atoms with van der Waals surface area (Å²) in [5.74, 6) is 0. The molecular formula is C7H9ClN2O2S. The first kappa shape index (κ1) is 10.3. The molecule has 1 aromatic rings. The maximum atomic E-state index is 11.0. The minimum absolute atomic E-state index is 0.431. The van der Waals surface area contributed by atoms with E-state index in [0.29, 0.717) is 5.69 Å². The summed E-state index contributed by atoms with van der Waals surface area (Å²) in [6.45, 7) is 1.82. The molecule has 0 radical (unpaired) electrons. The summed E-state index contributed by atoms with van der Waals surface area (Å²) in [4.78, 5) is 3.83. The fourth-order valence-electron chi connectivity index (χ4n) is 0.818. The molecule has 0 unspecified atom stereocenters. The zero-order valence-corrected chi connectivity index (χ0v) is 8.56. The number of alkyl halides is 1. The summed E-state index contributed by atoms with van der Waals surface area (Å²) in [7, 11) is -3.41. The Morgan fingerprint density at radius 2 is 2.23 bits per heavy atom. The van der Waals surface area contributed by atoms with Gasteiger partial charge in [-0.2, -0.15) is 0 Å². The predicted octanol–water partition coefficient (Wildman–Crippen LogP) is 1.33. The number of aryl methyl sites for hydroxylation is 1. The van der Waals surface area contributed by atoms with Crippen molar-refractivity contribution in [2.45, 2.75) is 6.92 Å². The third-order valence-electron chi connectivity index (χ3n) is 1.29. The lowest BCUT2D eigenvalue weighted by Gasteiger charge is -2.04. The van der Waals surface area contributed by atoms with Gasteiger partial charge in [0.05, 0.1) is 11.9 Å². The Kier molecular flexibility index (Phi) is 3.11. The van der Waals surface area contributed by atoms with E-state index in [9.17, 15) is 8.42 Å². The number of hydrogen-bond donors (Lipinski definition) is 1. The summed E-state index contributed by atoms with van der Waals surface area (Å²) in [5.41, 5.74) is 1.32. The molecule has 1 aromatic heterocycles. The minimum atomic E-state index is -3.41. The van der Waals surface area contributed by atoms with Crippen molar-refractivity contribution in [3.63, 3.8) is 0 Å². The highest BCUT2D eigenvalue weighted by Crippen LogP contribution is 2.09. The van der Waals surface area contributed by atoms with Gasteiger partial charge in [0, 0.05) is 6.20 Å². The van der Waals surface area contributed by atoms with Gasteiger partial charge in [0.25, 0.3) is 0 Å². The van der Waals surface area contributed by atoms with Gasteiger partial charge >= 0.3 is 0 Å². The quantitative estimate of drug-likeness (QED) is 0.782. The third-order valence-corrected chi connectivity index (χ3v) is 2.99. The van der Waals surface area contributed by atoms with E-state index >= 15 is 0 Å². The Morgan fingerprint density at radius 3 is 2.77 bits per heavy atom. The monoisotopic (exact) mass is 220 g/mol. The van der Waals surface area contributed by atoms with Crippen molar-refractivity contribution in [3.8, 4) is 0 Å². The number of sulfonamides is 1. The Morgan fingerprint density at radius 1 is 1.54 bits per heavy atom. The summed E-state index contributed by atoms with van der Waals surface area (Å²) < 4.78 is 24.3. The van der Waals surface area contributed by atoms with E-state index in [0.717, 1.165) is 5.56 Å². The summed E-state index contributed by atoms with van der Waals surface area (Å²) >= 11 is 5.21. The highest BCUT2D eigenvalue weighted by Gasteiger charge is 2.07. The summed E-state index contributed by atoms with van der Waals surface area (Å²) in [6.07, 6.45) is 3.07.